The highest BCUT2D eigenvalue weighted by Crippen LogP contribution is 2.21. The van der Waals surface area contributed by atoms with E-state index in [2.05, 4.69) is 4.98 Å². The highest BCUT2D eigenvalue weighted by molar-refractivity contribution is 6.16. The van der Waals surface area contributed by atoms with Crippen LogP contribution in [-0.4, -0.2) is 9.55 Å². The van der Waals surface area contributed by atoms with Gasteiger partial charge in [-0.25, -0.2) is 13.8 Å². The minimum absolute atomic E-state index is 0.190. The first kappa shape index (κ1) is 13.1. The van der Waals surface area contributed by atoms with E-state index in [4.69, 9.17) is 11.6 Å². The van der Waals surface area contributed by atoms with Gasteiger partial charge in [0.2, 0.25) is 0 Å². The van der Waals surface area contributed by atoms with Crippen molar-refractivity contribution < 1.29 is 8.78 Å². The molecule has 0 aliphatic carbocycles. The molecule has 2 nitrogen and oxygen atoms in total. The summed E-state index contributed by atoms with van der Waals surface area (Å²) in [7, 11) is 0. The molecule has 0 saturated carbocycles. The van der Waals surface area contributed by atoms with Crippen LogP contribution >= 0.6 is 11.6 Å². The summed E-state index contributed by atoms with van der Waals surface area (Å²) in [6.07, 6.45) is 0. The molecule has 3 rings (SSSR count). The third-order valence-electron chi connectivity index (χ3n) is 3.18. The van der Waals surface area contributed by atoms with Crippen molar-refractivity contribution in [2.24, 2.45) is 0 Å². The molecular weight excluding hydrogens is 282 g/mol. The van der Waals surface area contributed by atoms with Gasteiger partial charge in [-0.1, -0.05) is 18.2 Å². The minimum Gasteiger partial charge on any atom is -0.322 e. The van der Waals surface area contributed by atoms with E-state index in [1.54, 1.807) is 24.3 Å². The molecule has 0 saturated heterocycles. The van der Waals surface area contributed by atoms with E-state index in [0.717, 1.165) is 5.56 Å². The van der Waals surface area contributed by atoms with Crippen LogP contribution in [0.3, 0.4) is 0 Å². The first-order chi connectivity index (χ1) is 9.69. The summed E-state index contributed by atoms with van der Waals surface area (Å²) in [6, 6.07) is 11.0. The smallest absolute Gasteiger partial charge is 0.151 e. The number of fused-ring (bicyclic) bond motifs is 1. The Morgan fingerprint density at radius 2 is 1.80 bits per heavy atom. The summed E-state index contributed by atoms with van der Waals surface area (Å²) in [5.74, 6) is 0.130. The molecule has 0 amide bonds. The monoisotopic (exact) mass is 292 g/mol. The average Bonchev–Trinajstić information content (AvgIpc) is 2.81. The standard InChI is InChI=1S/C15H11ClF2N2/c16-8-14-19-15-12(18)2-1-3-13(15)20(14)9-10-4-6-11(17)7-5-10/h1-7H,8-9H2. The van der Waals surface area contributed by atoms with Crippen LogP contribution in [0.25, 0.3) is 11.0 Å². The van der Waals surface area contributed by atoms with E-state index in [9.17, 15) is 8.78 Å². The molecular formula is C15H11ClF2N2. The number of rotatable bonds is 3. The van der Waals surface area contributed by atoms with Gasteiger partial charge >= 0.3 is 0 Å². The lowest BCUT2D eigenvalue weighted by molar-refractivity contribution is 0.626. The molecule has 0 radical (unpaired) electrons. The Morgan fingerprint density at radius 1 is 1.05 bits per heavy atom. The highest BCUT2D eigenvalue weighted by atomic mass is 35.5. The van der Waals surface area contributed by atoms with Crippen LogP contribution in [0.15, 0.2) is 42.5 Å². The first-order valence-corrected chi connectivity index (χ1v) is 6.66. The summed E-state index contributed by atoms with van der Waals surface area (Å²) < 4.78 is 28.5. The quantitative estimate of drug-likeness (QED) is 0.665. The Labute approximate surface area is 119 Å². The van der Waals surface area contributed by atoms with Crippen LogP contribution in [0.2, 0.25) is 0 Å². The van der Waals surface area contributed by atoms with Crippen molar-refractivity contribution in [3.8, 4) is 0 Å². The summed E-state index contributed by atoms with van der Waals surface area (Å²) >= 11 is 5.88. The predicted molar refractivity (Wildman–Crippen MR) is 74.8 cm³/mol. The van der Waals surface area contributed by atoms with E-state index in [0.29, 0.717) is 23.4 Å². The van der Waals surface area contributed by atoms with Gasteiger partial charge in [0, 0.05) is 6.54 Å². The van der Waals surface area contributed by atoms with Gasteiger partial charge in [0.25, 0.3) is 0 Å². The lowest BCUT2D eigenvalue weighted by Crippen LogP contribution is -2.03. The number of benzene rings is 2. The van der Waals surface area contributed by atoms with Crippen LogP contribution in [0.4, 0.5) is 8.78 Å². The molecule has 5 heteroatoms. The zero-order chi connectivity index (χ0) is 14.1. The summed E-state index contributed by atoms with van der Waals surface area (Å²) in [5.41, 5.74) is 1.90. The number of nitrogens with zero attached hydrogens (tertiary/aromatic N) is 2. The molecule has 20 heavy (non-hydrogen) atoms. The predicted octanol–water partition coefficient (Wildman–Crippen LogP) is 4.10. The molecule has 0 aliphatic rings. The molecule has 0 spiro atoms. The Balaban J connectivity index is 2.10. The van der Waals surface area contributed by atoms with E-state index < -0.39 is 0 Å². The molecule has 1 heterocycles. The minimum atomic E-state index is -0.369. The van der Waals surface area contributed by atoms with Gasteiger partial charge in [-0.15, -0.1) is 11.6 Å². The number of hydrogen-bond donors (Lipinski definition) is 0. The van der Waals surface area contributed by atoms with Gasteiger partial charge in [0.1, 0.15) is 17.2 Å². The lowest BCUT2D eigenvalue weighted by Gasteiger charge is -2.08. The largest absolute Gasteiger partial charge is 0.322 e. The Hall–Kier alpha value is -1.94. The van der Waals surface area contributed by atoms with Gasteiger partial charge in [0.05, 0.1) is 11.4 Å². The van der Waals surface area contributed by atoms with Crippen molar-refractivity contribution in [3.05, 3.63) is 65.5 Å². The number of alkyl halides is 1. The fourth-order valence-corrected chi connectivity index (χ4v) is 2.42. The molecule has 2 aromatic carbocycles. The topological polar surface area (TPSA) is 17.8 Å². The average molecular weight is 293 g/mol. The molecule has 1 aromatic heterocycles. The van der Waals surface area contributed by atoms with Crippen molar-refractivity contribution in [1.29, 1.82) is 0 Å². The Kier molecular flexibility index (Phi) is 3.40. The second-order valence-corrected chi connectivity index (χ2v) is 4.75. The fraction of sp³-hybridized carbons (Fsp3) is 0.133. The molecule has 3 aromatic rings. The number of imidazole rings is 1. The molecule has 0 aliphatic heterocycles. The van der Waals surface area contributed by atoms with Crippen molar-refractivity contribution in [1.82, 2.24) is 9.55 Å². The van der Waals surface area contributed by atoms with Crippen LogP contribution in [-0.2, 0) is 12.4 Å². The SMILES string of the molecule is Fc1ccc(Cn2c(CCl)nc3c(F)cccc32)cc1. The van der Waals surface area contributed by atoms with Crippen LogP contribution in [0.5, 0.6) is 0 Å². The molecule has 102 valence electrons. The van der Waals surface area contributed by atoms with Gasteiger partial charge in [-0.3, -0.25) is 0 Å². The summed E-state index contributed by atoms with van der Waals surface area (Å²) in [4.78, 5) is 4.23. The zero-order valence-electron chi connectivity index (χ0n) is 10.5. The van der Waals surface area contributed by atoms with Crippen LogP contribution in [0, 0.1) is 11.6 Å². The van der Waals surface area contributed by atoms with E-state index in [-0.39, 0.29) is 17.5 Å². The highest BCUT2D eigenvalue weighted by Gasteiger charge is 2.13. The number of hydrogen-bond acceptors (Lipinski definition) is 1. The molecule has 0 unspecified atom stereocenters. The van der Waals surface area contributed by atoms with E-state index in [1.165, 1.54) is 18.2 Å². The first-order valence-electron chi connectivity index (χ1n) is 6.13. The van der Waals surface area contributed by atoms with Crippen LogP contribution < -0.4 is 0 Å². The third kappa shape index (κ3) is 2.27. The maximum Gasteiger partial charge on any atom is 0.151 e. The number of halogens is 3. The second kappa shape index (κ2) is 5.21. The third-order valence-corrected chi connectivity index (χ3v) is 3.42. The van der Waals surface area contributed by atoms with Crippen molar-refractivity contribution in [2.45, 2.75) is 12.4 Å². The Morgan fingerprint density at radius 3 is 2.50 bits per heavy atom. The van der Waals surface area contributed by atoms with E-state index in [1.807, 2.05) is 4.57 Å². The lowest BCUT2D eigenvalue weighted by atomic mass is 10.2. The van der Waals surface area contributed by atoms with Gasteiger partial charge in [0.15, 0.2) is 5.82 Å². The summed E-state index contributed by atoms with van der Waals surface area (Å²) in [5, 5.41) is 0. The number of aromatic nitrogens is 2. The van der Waals surface area contributed by atoms with Gasteiger partial charge < -0.3 is 4.57 Å². The number of para-hydroxylation sites is 1. The zero-order valence-corrected chi connectivity index (χ0v) is 11.2. The molecule has 0 bridgehead atoms. The fourth-order valence-electron chi connectivity index (χ4n) is 2.21. The summed E-state index contributed by atoms with van der Waals surface area (Å²) in [6.45, 7) is 0.474. The molecule has 0 fully saturated rings. The van der Waals surface area contributed by atoms with Gasteiger partial charge in [-0.2, -0.15) is 0 Å². The van der Waals surface area contributed by atoms with Crippen LogP contribution in [0.1, 0.15) is 11.4 Å². The van der Waals surface area contributed by atoms with Crippen molar-refractivity contribution >= 4 is 22.6 Å². The van der Waals surface area contributed by atoms with Crippen molar-refractivity contribution in [2.75, 3.05) is 0 Å². The maximum absolute atomic E-state index is 13.7. The van der Waals surface area contributed by atoms with Gasteiger partial charge in [-0.05, 0) is 29.8 Å². The van der Waals surface area contributed by atoms with E-state index >= 15 is 0 Å². The molecule has 0 atom stereocenters. The second-order valence-electron chi connectivity index (χ2n) is 4.48. The Bertz CT molecular complexity index is 750. The molecule has 0 N–H and O–H groups in total. The maximum atomic E-state index is 13.7. The van der Waals surface area contributed by atoms with Crippen molar-refractivity contribution in [3.63, 3.8) is 0 Å². The normalized spacial score (nSPS) is 11.2.